The van der Waals surface area contributed by atoms with E-state index < -0.39 is 0 Å². The summed E-state index contributed by atoms with van der Waals surface area (Å²) >= 11 is 0. The Labute approximate surface area is 139 Å². The molecule has 2 rings (SSSR count). The van der Waals surface area contributed by atoms with Crippen molar-refractivity contribution in [3.8, 4) is 17.3 Å². The summed E-state index contributed by atoms with van der Waals surface area (Å²) in [5.74, 6) is 2.01. The highest BCUT2D eigenvalue weighted by atomic mass is 16.5. The van der Waals surface area contributed by atoms with Crippen LogP contribution in [0, 0.1) is 5.92 Å². The molecule has 0 saturated carbocycles. The molecule has 1 unspecified atom stereocenters. The minimum atomic E-state index is 0.648. The number of ether oxygens (including phenoxy) is 1. The number of rotatable bonds is 8. The van der Waals surface area contributed by atoms with E-state index in [0.29, 0.717) is 24.2 Å². The van der Waals surface area contributed by atoms with Crippen LogP contribution in [-0.4, -0.2) is 16.6 Å². The largest absolute Gasteiger partial charge is 0.478 e. The maximum absolute atomic E-state index is 5.80. The molecule has 2 aromatic rings. The fraction of sp³-hybridized carbons (Fsp3) is 0.400. The minimum Gasteiger partial charge on any atom is -0.478 e. The van der Waals surface area contributed by atoms with Gasteiger partial charge in [-0.25, -0.2) is 4.98 Å². The van der Waals surface area contributed by atoms with E-state index in [2.05, 4.69) is 36.8 Å². The quantitative estimate of drug-likeness (QED) is 0.621. The van der Waals surface area contributed by atoms with Gasteiger partial charge in [0, 0.05) is 17.8 Å². The lowest BCUT2D eigenvalue weighted by Crippen LogP contribution is -2.05. The molecular formula is C20H26N2O. The van der Waals surface area contributed by atoms with E-state index >= 15 is 0 Å². The zero-order chi connectivity index (χ0) is 16.5. The Balaban J connectivity index is 1.81. The average Bonchev–Trinajstić information content (AvgIpc) is 2.56. The Bertz CT molecular complexity index is 619. The maximum atomic E-state index is 5.80. The summed E-state index contributed by atoms with van der Waals surface area (Å²) in [6, 6.07) is 11.8. The molecule has 0 fully saturated rings. The monoisotopic (exact) mass is 310 g/mol. The normalized spacial score (nSPS) is 11.8. The topological polar surface area (TPSA) is 35.0 Å². The molecule has 0 spiro atoms. The standard InChI is InChI=1S/C20H26N2O/c1-16(2)8-7-9-17(3)13-15-23-19-12-14-21-20(22-19)18-10-5-4-6-11-18/h4-6,8,10-12,14,17H,7,9,13,15H2,1-3H3. The van der Waals surface area contributed by atoms with Crippen LogP contribution in [0.2, 0.25) is 0 Å². The van der Waals surface area contributed by atoms with Crippen LogP contribution >= 0.6 is 0 Å². The van der Waals surface area contributed by atoms with E-state index in [-0.39, 0.29) is 0 Å². The lowest BCUT2D eigenvalue weighted by Gasteiger charge is -2.11. The zero-order valence-electron chi connectivity index (χ0n) is 14.3. The number of allylic oxidation sites excluding steroid dienone is 2. The van der Waals surface area contributed by atoms with Gasteiger partial charge >= 0.3 is 0 Å². The van der Waals surface area contributed by atoms with E-state index in [0.717, 1.165) is 18.4 Å². The fourth-order valence-corrected chi connectivity index (χ4v) is 2.31. The molecule has 3 heteroatoms. The first-order valence-electron chi connectivity index (χ1n) is 8.30. The maximum Gasteiger partial charge on any atom is 0.216 e. The van der Waals surface area contributed by atoms with E-state index in [4.69, 9.17) is 4.74 Å². The number of nitrogens with zero attached hydrogens (tertiary/aromatic N) is 2. The highest BCUT2D eigenvalue weighted by molar-refractivity contribution is 5.54. The average molecular weight is 310 g/mol. The molecule has 1 heterocycles. The lowest BCUT2D eigenvalue weighted by atomic mass is 10.0. The summed E-state index contributed by atoms with van der Waals surface area (Å²) in [6.45, 7) is 7.26. The van der Waals surface area contributed by atoms with E-state index in [9.17, 15) is 0 Å². The van der Waals surface area contributed by atoms with Gasteiger partial charge in [0.15, 0.2) is 5.82 Å². The Morgan fingerprint density at radius 2 is 1.91 bits per heavy atom. The van der Waals surface area contributed by atoms with Crippen molar-refractivity contribution in [2.45, 2.75) is 40.0 Å². The number of benzene rings is 1. The van der Waals surface area contributed by atoms with Crippen molar-refractivity contribution in [3.05, 3.63) is 54.2 Å². The van der Waals surface area contributed by atoms with Crippen molar-refractivity contribution in [2.75, 3.05) is 6.61 Å². The number of hydrogen-bond acceptors (Lipinski definition) is 3. The second-order valence-corrected chi connectivity index (χ2v) is 6.19. The second kappa shape index (κ2) is 9.09. The molecule has 0 amide bonds. The van der Waals surface area contributed by atoms with Crippen LogP contribution < -0.4 is 4.74 Å². The summed E-state index contributed by atoms with van der Waals surface area (Å²) in [4.78, 5) is 8.79. The predicted molar refractivity (Wildman–Crippen MR) is 95.4 cm³/mol. The van der Waals surface area contributed by atoms with Crippen molar-refractivity contribution in [1.29, 1.82) is 0 Å². The highest BCUT2D eigenvalue weighted by Gasteiger charge is 2.05. The van der Waals surface area contributed by atoms with Gasteiger partial charge in [-0.2, -0.15) is 4.98 Å². The van der Waals surface area contributed by atoms with Crippen LogP contribution in [-0.2, 0) is 0 Å². The Morgan fingerprint density at radius 1 is 1.13 bits per heavy atom. The Kier molecular flexibility index (Phi) is 6.79. The molecule has 1 aromatic heterocycles. The third-order valence-electron chi connectivity index (χ3n) is 3.73. The second-order valence-electron chi connectivity index (χ2n) is 6.19. The lowest BCUT2D eigenvalue weighted by molar-refractivity contribution is 0.270. The first kappa shape index (κ1) is 17.2. The molecule has 0 saturated heterocycles. The molecular weight excluding hydrogens is 284 g/mol. The van der Waals surface area contributed by atoms with Gasteiger partial charge in [0.2, 0.25) is 5.88 Å². The molecule has 3 nitrogen and oxygen atoms in total. The first-order chi connectivity index (χ1) is 11.1. The predicted octanol–water partition coefficient (Wildman–Crippen LogP) is 5.30. The first-order valence-corrected chi connectivity index (χ1v) is 8.30. The molecule has 122 valence electrons. The smallest absolute Gasteiger partial charge is 0.216 e. The molecule has 23 heavy (non-hydrogen) atoms. The minimum absolute atomic E-state index is 0.648. The van der Waals surface area contributed by atoms with Crippen molar-refractivity contribution in [3.63, 3.8) is 0 Å². The summed E-state index contributed by atoms with van der Waals surface area (Å²) in [5, 5.41) is 0. The molecule has 0 bridgehead atoms. The van der Waals surface area contributed by atoms with Crippen molar-refractivity contribution in [2.24, 2.45) is 5.92 Å². The van der Waals surface area contributed by atoms with Crippen molar-refractivity contribution in [1.82, 2.24) is 9.97 Å². The van der Waals surface area contributed by atoms with Crippen LogP contribution in [0.4, 0.5) is 0 Å². The van der Waals surface area contributed by atoms with Crippen molar-refractivity contribution < 1.29 is 4.74 Å². The van der Waals surface area contributed by atoms with Gasteiger partial charge in [-0.15, -0.1) is 0 Å². The van der Waals surface area contributed by atoms with Gasteiger partial charge < -0.3 is 4.74 Å². The van der Waals surface area contributed by atoms with E-state index in [1.807, 2.05) is 36.4 Å². The van der Waals surface area contributed by atoms with Crippen LogP contribution in [0.1, 0.15) is 40.0 Å². The molecule has 0 aliphatic rings. The number of hydrogen-bond donors (Lipinski definition) is 0. The van der Waals surface area contributed by atoms with Crippen LogP contribution in [0.3, 0.4) is 0 Å². The molecule has 0 N–H and O–H groups in total. The summed E-state index contributed by atoms with van der Waals surface area (Å²) < 4.78 is 5.80. The van der Waals surface area contributed by atoms with Crippen LogP contribution in [0.15, 0.2) is 54.2 Å². The molecule has 0 radical (unpaired) electrons. The SMILES string of the molecule is CC(C)=CCCC(C)CCOc1ccnc(-c2ccccc2)n1. The fourth-order valence-electron chi connectivity index (χ4n) is 2.31. The van der Waals surface area contributed by atoms with Gasteiger partial charge in [0.05, 0.1) is 6.61 Å². The molecule has 1 atom stereocenters. The van der Waals surface area contributed by atoms with Crippen LogP contribution in [0.5, 0.6) is 5.88 Å². The third kappa shape index (κ3) is 6.23. The Morgan fingerprint density at radius 3 is 2.65 bits per heavy atom. The van der Waals surface area contributed by atoms with Crippen LogP contribution in [0.25, 0.3) is 11.4 Å². The van der Waals surface area contributed by atoms with Gasteiger partial charge in [-0.3, -0.25) is 0 Å². The molecule has 0 aliphatic heterocycles. The molecule has 1 aromatic carbocycles. The van der Waals surface area contributed by atoms with E-state index in [1.54, 1.807) is 6.20 Å². The zero-order valence-corrected chi connectivity index (χ0v) is 14.3. The van der Waals surface area contributed by atoms with Gasteiger partial charge in [-0.05, 0) is 39.0 Å². The van der Waals surface area contributed by atoms with Gasteiger partial charge in [0.25, 0.3) is 0 Å². The third-order valence-corrected chi connectivity index (χ3v) is 3.73. The summed E-state index contributed by atoms with van der Waals surface area (Å²) in [5.41, 5.74) is 2.40. The highest BCUT2D eigenvalue weighted by Crippen LogP contribution is 2.17. The van der Waals surface area contributed by atoms with Gasteiger partial charge in [0.1, 0.15) is 0 Å². The van der Waals surface area contributed by atoms with E-state index in [1.165, 1.54) is 12.0 Å². The Hall–Kier alpha value is -2.16. The van der Waals surface area contributed by atoms with Gasteiger partial charge in [-0.1, -0.05) is 48.9 Å². The molecule has 0 aliphatic carbocycles. The summed E-state index contributed by atoms with van der Waals surface area (Å²) in [7, 11) is 0. The summed E-state index contributed by atoms with van der Waals surface area (Å²) in [6.07, 6.45) is 7.45. The van der Waals surface area contributed by atoms with Crippen molar-refractivity contribution >= 4 is 0 Å². The number of aromatic nitrogens is 2.